The second-order valence-electron chi connectivity index (χ2n) is 6.67. The van der Waals surface area contributed by atoms with Crippen molar-refractivity contribution < 1.29 is 14.3 Å². The fourth-order valence-electron chi connectivity index (χ4n) is 3.27. The number of Topliss-reactive ketones (excluding diaryl/α,β-unsaturated/α-hetero) is 2. The van der Waals surface area contributed by atoms with Crippen LogP contribution in [0.25, 0.3) is 5.57 Å². The zero-order valence-corrected chi connectivity index (χ0v) is 15.7. The summed E-state index contributed by atoms with van der Waals surface area (Å²) < 4.78 is 5.39. The number of allylic oxidation sites excluding steroid dienone is 4. The van der Waals surface area contributed by atoms with E-state index in [9.17, 15) is 9.59 Å². The van der Waals surface area contributed by atoms with Crippen LogP contribution in [0.1, 0.15) is 36.0 Å². The molecular formula is C23H23NO3. The molecule has 0 aliphatic heterocycles. The van der Waals surface area contributed by atoms with Crippen molar-refractivity contribution in [1.29, 1.82) is 0 Å². The number of benzene rings is 1. The Hall–Kier alpha value is -3.01. The van der Waals surface area contributed by atoms with Crippen molar-refractivity contribution in [3.63, 3.8) is 0 Å². The summed E-state index contributed by atoms with van der Waals surface area (Å²) in [5, 5.41) is 0. The van der Waals surface area contributed by atoms with Gasteiger partial charge >= 0.3 is 0 Å². The molecule has 1 heterocycles. The molecule has 27 heavy (non-hydrogen) atoms. The van der Waals surface area contributed by atoms with Gasteiger partial charge in [-0.25, -0.2) is 0 Å². The lowest BCUT2D eigenvalue weighted by atomic mass is 9.90. The van der Waals surface area contributed by atoms with Crippen LogP contribution in [-0.4, -0.2) is 23.7 Å². The van der Waals surface area contributed by atoms with Gasteiger partial charge in [0.05, 0.1) is 12.7 Å². The van der Waals surface area contributed by atoms with E-state index in [4.69, 9.17) is 4.74 Å². The Balaban J connectivity index is 1.67. The summed E-state index contributed by atoms with van der Waals surface area (Å²) in [4.78, 5) is 28.9. The molecule has 1 aromatic heterocycles. The van der Waals surface area contributed by atoms with E-state index in [2.05, 4.69) is 11.1 Å². The first-order valence-electron chi connectivity index (χ1n) is 9.10. The average molecular weight is 361 g/mol. The van der Waals surface area contributed by atoms with Crippen molar-refractivity contribution in [2.45, 2.75) is 32.6 Å². The van der Waals surface area contributed by atoms with Crippen molar-refractivity contribution in [2.75, 3.05) is 7.11 Å². The third-order valence-corrected chi connectivity index (χ3v) is 4.71. The van der Waals surface area contributed by atoms with Crippen LogP contribution in [0, 0.1) is 6.92 Å². The minimum Gasteiger partial charge on any atom is -0.496 e. The molecule has 0 radical (unpaired) electrons. The molecule has 3 rings (SSSR count). The molecule has 1 aliphatic carbocycles. The fraction of sp³-hybridized carbons (Fsp3) is 0.261. The number of aromatic nitrogens is 1. The van der Waals surface area contributed by atoms with Crippen LogP contribution in [0.3, 0.4) is 0 Å². The molecule has 0 unspecified atom stereocenters. The molecule has 0 spiro atoms. The van der Waals surface area contributed by atoms with E-state index in [0.29, 0.717) is 18.4 Å². The first kappa shape index (κ1) is 18.8. The summed E-state index contributed by atoms with van der Waals surface area (Å²) in [5.41, 5.74) is 4.43. The summed E-state index contributed by atoms with van der Waals surface area (Å²) >= 11 is 0. The minimum atomic E-state index is -0.106. The number of ketones is 2. The lowest BCUT2D eigenvalue weighted by molar-refractivity contribution is -0.121. The van der Waals surface area contributed by atoms with E-state index in [-0.39, 0.29) is 18.0 Å². The van der Waals surface area contributed by atoms with E-state index in [1.807, 2.05) is 37.3 Å². The smallest absolute Gasteiger partial charge is 0.170 e. The monoisotopic (exact) mass is 361 g/mol. The molecular weight excluding hydrogens is 338 g/mol. The summed E-state index contributed by atoms with van der Waals surface area (Å²) in [7, 11) is 1.65. The van der Waals surface area contributed by atoms with E-state index in [1.54, 1.807) is 25.6 Å². The van der Waals surface area contributed by atoms with Crippen LogP contribution in [0.15, 0.2) is 60.5 Å². The maximum Gasteiger partial charge on any atom is 0.170 e. The second kappa shape index (κ2) is 8.58. The van der Waals surface area contributed by atoms with Crippen LogP contribution in [0.5, 0.6) is 5.75 Å². The summed E-state index contributed by atoms with van der Waals surface area (Å²) in [6, 6.07) is 9.80. The molecule has 0 N–H and O–H groups in total. The van der Waals surface area contributed by atoms with Gasteiger partial charge in [0.1, 0.15) is 5.75 Å². The Labute approximate surface area is 159 Å². The van der Waals surface area contributed by atoms with Crippen molar-refractivity contribution in [3.05, 3.63) is 77.1 Å². The van der Waals surface area contributed by atoms with Gasteiger partial charge in [-0.2, -0.15) is 0 Å². The molecule has 0 amide bonds. The predicted octanol–water partition coefficient (Wildman–Crippen LogP) is 4.27. The maximum absolute atomic E-state index is 12.6. The Morgan fingerprint density at radius 2 is 1.96 bits per heavy atom. The molecule has 2 aromatic rings. The molecule has 1 aromatic carbocycles. The quantitative estimate of drug-likeness (QED) is 0.691. The second-order valence-corrected chi connectivity index (χ2v) is 6.67. The normalized spacial score (nSPS) is 13.8. The van der Waals surface area contributed by atoms with Gasteiger partial charge in [-0.05, 0) is 60.7 Å². The first-order valence-corrected chi connectivity index (χ1v) is 9.10. The lowest BCUT2D eigenvalue weighted by Gasteiger charge is -2.13. The van der Waals surface area contributed by atoms with Gasteiger partial charge in [-0.3, -0.25) is 14.6 Å². The molecule has 0 bridgehead atoms. The molecule has 0 saturated heterocycles. The van der Waals surface area contributed by atoms with Crippen molar-refractivity contribution in [1.82, 2.24) is 4.98 Å². The molecule has 138 valence electrons. The van der Waals surface area contributed by atoms with Gasteiger partial charge in [0.25, 0.3) is 0 Å². The number of pyridine rings is 1. The van der Waals surface area contributed by atoms with E-state index in [0.717, 1.165) is 34.4 Å². The number of methoxy groups -OCH3 is 1. The number of carbonyl (C=O) groups excluding carboxylic acids is 2. The van der Waals surface area contributed by atoms with Gasteiger partial charge < -0.3 is 4.74 Å². The number of carbonyl (C=O) groups is 2. The first-order chi connectivity index (χ1) is 13.1. The molecule has 4 nitrogen and oxygen atoms in total. The van der Waals surface area contributed by atoms with Gasteiger partial charge in [0.15, 0.2) is 11.6 Å². The summed E-state index contributed by atoms with van der Waals surface area (Å²) in [6.07, 6.45) is 9.03. The highest BCUT2D eigenvalue weighted by Gasteiger charge is 2.21. The maximum atomic E-state index is 12.6. The largest absolute Gasteiger partial charge is 0.496 e. The Kier molecular flexibility index (Phi) is 5.97. The van der Waals surface area contributed by atoms with Crippen LogP contribution >= 0.6 is 0 Å². The Morgan fingerprint density at radius 3 is 2.70 bits per heavy atom. The van der Waals surface area contributed by atoms with E-state index >= 15 is 0 Å². The van der Waals surface area contributed by atoms with Crippen molar-refractivity contribution >= 4 is 17.1 Å². The topological polar surface area (TPSA) is 56.3 Å². The highest BCUT2D eigenvalue weighted by Crippen LogP contribution is 2.25. The molecule has 0 saturated carbocycles. The van der Waals surface area contributed by atoms with Crippen molar-refractivity contribution in [3.8, 4) is 5.75 Å². The number of hydrogen-bond acceptors (Lipinski definition) is 4. The third-order valence-electron chi connectivity index (χ3n) is 4.71. The number of ether oxygens (including phenoxy) is 1. The SMILES string of the molecule is COc1ccc(C)cc1CCCC(=O)C1=CC(c2ccncc2)=CCC1=O. The number of nitrogens with zero attached hydrogens (tertiary/aromatic N) is 1. The number of aryl methyl sites for hydroxylation is 2. The average Bonchev–Trinajstić information content (AvgIpc) is 2.69. The highest BCUT2D eigenvalue weighted by molar-refractivity contribution is 6.23. The molecule has 0 fully saturated rings. The molecule has 0 atom stereocenters. The highest BCUT2D eigenvalue weighted by atomic mass is 16.5. The van der Waals surface area contributed by atoms with Crippen LogP contribution in [0.4, 0.5) is 0 Å². The summed E-state index contributed by atoms with van der Waals surface area (Å²) in [6.45, 7) is 2.03. The minimum absolute atomic E-state index is 0.0914. The number of rotatable bonds is 7. The van der Waals surface area contributed by atoms with Gasteiger partial charge in [0, 0.05) is 25.2 Å². The fourth-order valence-corrected chi connectivity index (χ4v) is 3.27. The van der Waals surface area contributed by atoms with E-state index < -0.39 is 0 Å². The van der Waals surface area contributed by atoms with Crippen LogP contribution < -0.4 is 4.74 Å². The van der Waals surface area contributed by atoms with Crippen LogP contribution in [0.2, 0.25) is 0 Å². The summed E-state index contributed by atoms with van der Waals surface area (Å²) in [5.74, 6) is 0.640. The van der Waals surface area contributed by atoms with Crippen LogP contribution in [-0.2, 0) is 16.0 Å². The standard InChI is InChI=1S/C23H23NO3/c1-16-6-9-23(27-2)19(14-16)4-3-5-21(25)20-15-18(7-8-22(20)26)17-10-12-24-13-11-17/h6-7,9-15H,3-5,8H2,1-2H3. The zero-order chi connectivity index (χ0) is 19.2. The van der Waals surface area contributed by atoms with Crippen molar-refractivity contribution in [2.24, 2.45) is 0 Å². The molecule has 4 heteroatoms. The Bertz CT molecular complexity index is 910. The number of hydrogen-bond donors (Lipinski definition) is 0. The third kappa shape index (κ3) is 4.59. The lowest BCUT2D eigenvalue weighted by Crippen LogP contribution is -2.15. The van der Waals surface area contributed by atoms with E-state index in [1.165, 1.54) is 0 Å². The van der Waals surface area contributed by atoms with Gasteiger partial charge in [-0.15, -0.1) is 0 Å². The molecule has 1 aliphatic rings. The Morgan fingerprint density at radius 1 is 1.19 bits per heavy atom. The zero-order valence-electron chi connectivity index (χ0n) is 15.7. The van der Waals surface area contributed by atoms with Gasteiger partial charge in [-0.1, -0.05) is 23.8 Å². The predicted molar refractivity (Wildman–Crippen MR) is 106 cm³/mol. The van der Waals surface area contributed by atoms with Gasteiger partial charge in [0.2, 0.25) is 0 Å².